The first-order valence-electron chi connectivity index (χ1n) is 19.8. The SMILES string of the molecule is Cc1ccc(-c2ccc(N(c3ccc4c(c3)C(C)(C)c3ccccc3-4)c3ccc4c(c3)C3(C5=C(C=CCC5C)c5ccccc53)c3ccccc3-4)cc2)cc1. The van der Waals surface area contributed by atoms with Crippen LogP contribution in [0.1, 0.15) is 66.1 Å². The minimum Gasteiger partial charge on any atom is -0.310 e. The lowest BCUT2D eigenvalue weighted by Crippen LogP contribution is -2.31. The lowest BCUT2D eigenvalue weighted by atomic mass is 9.65. The van der Waals surface area contributed by atoms with Crippen LogP contribution in [0.25, 0.3) is 39.0 Å². The number of hydrogen-bond acceptors (Lipinski definition) is 1. The van der Waals surface area contributed by atoms with Gasteiger partial charge in [0.15, 0.2) is 0 Å². The maximum Gasteiger partial charge on any atom is 0.0691 e. The fourth-order valence-corrected chi connectivity index (χ4v) is 10.7. The largest absolute Gasteiger partial charge is 0.310 e. The summed E-state index contributed by atoms with van der Waals surface area (Å²) in [7, 11) is 0. The molecular weight excluding hydrogens is 663 g/mol. The molecule has 0 fully saturated rings. The minimum absolute atomic E-state index is 0.104. The van der Waals surface area contributed by atoms with Crippen LogP contribution in [0.2, 0.25) is 0 Å². The van der Waals surface area contributed by atoms with E-state index in [1.54, 1.807) is 5.57 Å². The first-order valence-corrected chi connectivity index (χ1v) is 19.8. The van der Waals surface area contributed by atoms with E-state index in [1.165, 1.54) is 89.3 Å². The van der Waals surface area contributed by atoms with E-state index in [9.17, 15) is 0 Å². The average molecular weight is 706 g/mol. The highest BCUT2D eigenvalue weighted by atomic mass is 15.1. The molecule has 0 saturated heterocycles. The Balaban J connectivity index is 1.15. The number of aryl methyl sites for hydroxylation is 1. The molecule has 1 spiro atoms. The van der Waals surface area contributed by atoms with Crippen molar-refractivity contribution in [2.45, 2.75) is 44.9 Å². The highest BCUT2D eigenvalue weighted by Gasteiger charge is 2.54. The van der Waals surface area contributed by atoms with Gasteiger partial charge in [-0.15, -0.1) is 0 Å². The molecule has 0 N–H and O–H groups in total. The van der Waals surface area contributed by atoms with E-state index in [0.29, 0.717) is 5.92 Å². The first-order chi connectivity index (χ1) is 26.9. The maximum atomic E-state index is 2.54. The van der Waals surface area contributed by atoms with Gasteiger partial charge >= 0.3 is 0 Å². The van der Waals surface area contributed by atoms with Gasteiger partial charge in [-0.1, -0.05) is 160 Å². The lowest BCUT2D eigenvalue weighted by Gasteiger charge is -2.37. The molecule has 2 atom stereocenters. The summed E-state index contributed by atoms with van der Waals surface area (Å²) in [5.41, 5.74) is 23.5. The molecule has 264 valence electrons. The maximum absolute atomic E-state index is 2.54. The van der Waals surface area contributed by atoms with Gasteiger partial charge in [-0.25, -0.2) is 0 Å². The second-order valence-electron chi connectivity index (χ2n) is 16.6. The molecule has 11 rings (SSSR count). The molecule has 0 bridgehead atoms. The molecule has 55 heavy (non-hydrogen) atoms. The van der Waals surface area contributed by atoms with Gasteiger partial charge in [0.25, 0.3) is 0 Å². The summed E-state index contributed by atoms with van der Waals surface area (Å²) in [4.78, 5) is 2.50. The van der Waals surface area contributed by atoms with Gasteiger partial charge in [0, 0.05) is 22.5 Å². The van der Waals surface area contributed by atoms with Crippen molar-refractivity contribution in [3.8, 4) is 33.4 Å². The Hall–Kier alpha value is -6.18. The number of allylic oxidation sites excluding steroid dienone is 4. The molecule has 0 aliphatic heterocycles. The molecule has 4 aliphatic rings. The van der Waals surface area contributed by atoms with Crippen molar-refractivity contribution in [1.29, 1.82) is 0 Å². The van der Waals surface area contributed by atoms with Crippen molar-refractivity contribution in [3.63, 3.8) is 0 Å². The van der Waals surface area contributed by atoms with Gasteiger partial charge in [-0.3, -0.25) is 0 Å². The molecule has 0 radical (unpaired) electrons. The molecule has 7 aromatic carbocycles. The summed E-state index contributed by atoms with van der Waals surface area (Å²) in [5.74, 6) is 0.418. The third-order valence-corrected chi connectivity index (χ3v) is 13.2. The molecular formula is C54H43N. The average Bonchev–Trinajstić information content (AvgIpc) is 3.78. The van der Waals surface area contributed by atoms with Crippen molar-refractivity contribution >= 4 is 22.6 Å². The van der Waals surface area contributed by atoms with Crippen LogP contribution in [-0.2, 0) is 10.8 Å². The first kappa shape index (κ1) is 32.3. The number of anilines is 3. The van der Waals surface area contributed by atoms with E-state index >= 15 is 0 Å². The van der Waals surface area contributed by atoms with Gasteiger partial charge in [0.05, 0.1) is 5.41 Å². The molecule has 0 amide bonds. The molecule has 0 heterocycles. The summed E-state index contributed by atoms with van der Waals surface area (Å²) in [6.07, 6.45) is 5.84. The Kier molecular flexibility index (Phi) is 6.84. The van der Waals surface area contributed by atoms with E-state index < -0.39 is 0 Å². The Bertz CT molecular complexity index is 2780. The zero-order valence-electron chi connectivity index (χ0n) is 31.9. The van der Waals surface area contributed by atoms with Gasteiger partial charge in [-0.2, -0.15) is 0 Å². The number of rotatable bonds is 4. The Morgan fingerprint density at radius 2 is 0.982 bits per heavy atom. The quantitative estimate of drug-likeness (QED) is 0.176. The lowest BCUT2D eigenvalue weighted by molar-refractivity contribution is 0.591. The molecule has 7 aromatic rings. The third kappa shape index (κ3) is 4.41. The van der Waals surface area contributed by atoms with Crippen molar-refractivity contribution in [1.82, 2.24) is 0 Å². The predicted octanol–water partition coefficient (Wildman–Crippen LogP) is 14.1. The van der Waals surface area contributed by atoms with Crippen molar-refractivity contribution in [3.05, 3.63) is 214 Å². The summed E-state index contributed by atoms with van der Waals surface area (Å²) in [5, 5.41) is 0. The summed E-state index contributed by atoms with van der Waals surface area (Å²) in [6, 6.07) is 59.8. The topological polar surface area (TPSA) is 3.24 Å². The summed E-state index contributed by atoms with van der Waals surface area (Å²) < 4.78 is 0. The number of fused-ring (bicyclic) bond motifs is 12. The normalized spacial score (nSPS) is 19.1. The fraction of sp³-hybridized carbons (Fsp3) is 0.148. The predicted molar refractivity (Wildman–Crippen MR) is 230 cm³/mol. The van der Waals surface area contributed by atoms with E-state index in [0.717, 1.165) is 12.1 Å². The standard InChI is InChI=1S/C54H43N/c1-34-20-22-36(23-21-34)37-24-26-38(27-25-37)55(39-28-30-44-41-13-5-8-17-47(41)53(3,4)50(44)32-39)40-29-31-45-42-14-6-9-18-48(42)54(51(45)33-40)49-19-10-7-15-43(49)46-16-11-12-35(2)52(46)54/h5-11,13-33,35H,12H2,1-4H3. The zero-order chi connectivity index (χ0) is 37.1. The van der Waals surface area contributed by atoms with Gasteiger partial charge in [-0.05, 0) is 134 Å². The summed E-state index contributed by atoms with van der Waals surface area (Å²) >= 11 is 0. The second-order valence-corrected chi connectivity index (χ2v) is 16.6. The Labute approximate surface area is 325 Å². The zero-order valence-corrected chi connectivity index (χ0v) is 31.9. The van der Waals surface area contributed by atoms with Crippen LogP contribution in [0, 0.1) is 12.8 Å². The number of hydrogen-bond donors (Lipinski definition) is 0. The van der Waals surface area contributed by atoms with Gasteiger partial charge in [0.1, 0.15) is 0 Å². The van der Waals surface area contributed by atoms with Gasteiger partial charge in [0.2, 0.25) is 0 Å². The van der Waals surface area contributed by atoms with Crippen LogP contribution < -0.4 is 4.90 Å². The minimum atomic E-state index is -0.347. The van der Waals surface area contributed by atoms with Crippen molar-refractivity contribution in [2.75, 3.05) is 4.90 Å². The smallest absolute Gasteiger partial charge is 0.0691 e. The van der Waals surface area contributed by atoms with Crippen LogP contribution >= 0.6 is 0 Å². The van der Waals surface area contributed by atoms with Crippen molar-refractivity contribution < 1.29 is 0 Å². The third-order valence-electron chi connectivity index (χ3n) is 13.2. The van der Waals surface area contributed by atoms with E-state index in [-0.39, 0.29) is 10.8 Å². The summed E-state index contributed by atoms with van der Waals surface area (Å²) in [6.45, 7) is 9.33. The number of benzene rings is 7. The van der Waals surface area contributed by atoms with Crippen LogP contribution in [0.3, 0.4) is 0 Å². The molecule has 2 unspecified atom stereocenters. The Morgan fingerprint density at radius 3 is 1.65 bits per heavy atom. The van der Waals surface area contributed by atoms with E-state index in [2.05, 4.69) is 202 Å². The number of nitrogens with zero attached hydrogens (tertiary/aromatic N) is 1. The fourth-order valence-electron chi connectivity index (χ4n) is 10.7. The molecule has 0 aromatic heterocycles. The van der Waals surface area contributed by atoms with Crippen LogP contribution in [0.5, 0.6) is 0 Å². The van der Waals surface area contributed by atoms with Crippen LogP contribution in [0.4, 0.5) is 17.1 Å². The van der Waals surface area contributed by atoms with Crippen LogP contribution in [0.15, 0.2) is 175 Å². The van der Waals surface area contributed by atoms with E-state index in [1.807, 2.05) is 0 Å². The highest BCUT2D eigenvalue weighted by molar-refractivity contribution is 5.98. The van der Waals surface area contributed by atoms with Crippen molar-refractivity contribution in [2.24, 2.45) is 5.92 Å². The second kappa shape index (κ2) is 11.7. The highest BCUT2D eigenvalue weighted by Crippen LogP contribution is 2.65. The Morgan fingerprint density at radius 1 is 0.491 bits per heavy atom. The van der Waals surface area contributed by atoms with Gasteiger partial charge < -0.3 is 4.90 Å². The molecule has 1 nitrogen and oxygen atoms in total. The molecule has 4 aliphatic carbocycles. The van der Waals surface area contributed by atoms with E-state index in [4.69, 9.17) is 0 Å². The van der Waals surface area contributed by atoms with Crippen LogP contribution in [-0.4, -0.2) is 0 Å². The molecule has 0 saturated carbocycles. The molecule has 1 heteroatoms. The monoisotopic (exact) mass is 705 g/mol.